The minimum absolute atomic E-state index is 0.0444. The van der Waals surface area contributed by atoms with Crippen molar-refractivity contribution in [2.75, 3.05) is 19.8 Å². The number of aliphatic imine (C=N–C) groups is 1. The summed E-state index contributed by atoms with van der Waals surface area (Å²) in [6.07, 6.45) is 1.58. The maximum Gasteiger partial charge on any atom is 0.333 e. The predicted octanol–water partition coefficient (Wildman–Crippen LogP) is 0.931. The number of rotatable bonds is 8. The highest BCUT2D eigenvalue weighted by Gasteiger charge is 2.08. The molecule has 0 aromatic heterocycles. The molecule has 0 aliphatic heterocycles. The smallest absolute Gasteiger partial charge is 0.333 e. The quantitative estimate of drug-likeness (QED) is 0.211. The number of carbonyl (C=O) groups excluding carboxylic acids is 3. The largest absolute Gasteiger partial charge is 0.459 e. The summed E-state index contributed by atoms with van der Waals surface area (Å²) < 4.78 is 9.50. The van der Waals surface area contributed by atoms with Crippen LogP contribution in [0.25, 0.3) is 0 Å². The summed E-state index contributed by atoms with van der Waals surface area (Å²) in [5.41, 5.74) is 0.470. The van der Waals surface area contributed by atoms with Crippen LogP contribution in [0.4, 0.5) is 0 Å². The van der Waals surface area contributed by atoms with E-state index in [0.29, 0.717) is 0 Å². The Kier molecular flexibility index (Phi) is 7.81. The summed E-state index contributed by atoms with van der Waals surface area (Å²) in [7, 11) is 0. The van der Waals surface area contributed by atoms with E-state index in [1.54, 1.807) is 0 Å². The fraction of sp³-hybridized carbons (Fsp3) is 0.417. The summed E-state index contributed by atoms with van der Waals surface area (Å²) in [6.45, 7) is 8.44. The van der Waals surface area contributed by atoms with Gasteiger partial charge in [0.2, 0.25) is 6.08 Å². The highest BCUT2D eigenvalue weighted by molar-refractivity contribution is 5.88. The average molecular weight is 253 g/mol. The maximum atomic E-state index is 11.3. The van der Waals surface area contributed by atoms with Gasteiger partial charge in [0.15, 0.2) is 0 Å². The van der Waals surface area contributed by atoms with Gasteiger partial charge in [-0.05, 0) is 13.3 Å². The molecule has 6 heteroatoms. The number of hydrogen-bond acceptors (Lipinski definition) is 6. The van der Waals surface area contributed by atoms with Gasteiger partial charge in [0, 0.05) is 11.1 Å². The standard InChI is InChI=1S/C12H15NO5/c1-9(2)11(15)17-6-7-18-12(16)10(3)4-5-13-8-14/h1,3-7H2,2H3. The number of ether oxygens (including phenoxy) is 2. The van der Waals surface area contributed by atoms with Crippen molar-refractivity contribution in [3.8, 4) is 0 Å². The minimum atomic E-state index is -0.609. The molecular weight excluding hydrogens is 238 g/mol. The summed E-state index contributed by atoms with van der Waals surface area (Å²) in [6, 6.07) is 0. The van der Waals surface area contributed by atoms with Crippen molar-refractivity contribution in [1.29, 1.82) is 0 Å². The van der Waals surface area contributed by atoms with Crippen molar-refractivity contribution in [2.45, 2.75) is 13.3 Å². The molecule has 0 heterocycles. The van der Waals surface area contributed by atoms with Gasteiger partial charge in [0.25, 0.3) is 0 Å². The summed E-state index contributed by atoms with van der Waals surface area (Å²) in [4.78, 5) is 35.3. The Bertz CT molecular complexity index is 393. The highest BCUT2D eigenvalue weighted by Crippen LogP contribution is 2.01. The molecule has 18 heavy (non-hydrogen) atoms. The van der Waals surface area contributed by atoms with Crippen LogP contribution in [0.5, 0.6) is 0 Å². The molecule has 0 spiro atoms. The van der Waals surface area contributed by atoms with Crippen LogP contribution in [0.1, 0.15) is 13.3 Å². The van der Waals surface area contributed by atoms with Gasteiger partial charge in [0.05, 0.1) is 6.54 Å². The zero-order valence-corrected chi connectivity index (χ0v) is 10.2. The SMILES string of the molecule is C=C(C)C(=O)OCCOC(=O)C(=C)CCN=C=O. The van der Waals surface area contributed by atoms with Gasteiger partial charge in [-0.15, -0.1) is 0 Å². The van der Waals surface area contributed by atoms with E-state index in [9.17, 15) is 14.4 Å². The molecule has 0 aliphatic carbocycles. The van der Waals surface area contributed by atoms with E-state index < -0.39 is 11.9 Å². The fourth-order valence-corrected chi connectivity index (χ4v) is 0.833. The second-order valence-corrected chi connectivity index (χ2v) is 3.38. The zero-order chi connectivity index (χ0) is 14.0. The van der Waals surface area contributed by atoms with E-state index >= 15 is 0 Å². The first-order valence-electron chi connectivity index (χ1n) is 5.20. The highest BCUT2D eigenvalue weighted by atomic mass is 16.6. The molecule has 0 bridgehead atoms. The molecule has 0 aromatic rings. The third-order valence-electron chi connectivity index (χ3n) is 1.78. The number of esters is 2. The Hall–Kier alpha value is -2.20. The van der Waals surface area contributed by atoms with Crippen molar-refractivity contribution in [1.82, 2.24) is 0 Å². The number of nitrogens with zero attached hydrogens (tertiary/aromatic N) is 1. The maximum absolute atomic E-state index is 11.3. The zero-order valence-electron chi connectivity index (χ0n) is 10.2. The van der Waals surface area contributed by atoms with Crippen molar-refractivity contribution < 1.29 is 23.9 Å². The van der Waals surface area contributed by atoms with Gasteiger partial charge in [-0.1, -0.05) is 13.2 Å². The van der Waals surface area contributed by atoms with E-state index in [1.807, 2.05) is 0 Å². The third-order valence-corrected chi connectivity index (χ3v) is 1.78. The lowest BCUT2D eigenvalue weighted by Gasteiger charge is -2.06. The lowest BCUT2D eigenvalue weighted by Crippen LogP contribution is -2.15. The van der Waals surface area contributed by atoms with Gasteiger partial charge in [-0.2, -0.15) is 0 Å². The summed E-state index contributed by atoms with van der Waals surface area (Å²) >= 11 is 0. The minimum Gasteiger partial charge on any atom is -0.459 e. The lowest BCUT2D eigenvalue weighted by atomic mass is 10.2. The molecule has 0 unspecified atom stereocenters. The molecule has 0 N–H and O–H groups in total. The van der Waals surface area contributed by atoms with Gasteiger partial charge in [-0.25, -0.2) is 19.4 Å². The van der Waals surface area contributed by atoms with Crippen LogP contribution in [0.2, 0.25) is 0 Å². The molecule has 0 aromatic carbocycles. The number of hydrogen-bond donors (Lipinski definition) is 0. The van der Waals surface area contributed by atoms with Crippen molar-refractivity contribution >= 4 is 18.0 Å². The molecule has 0 amide bonds. The van der Waals surface area contributed by atoms with Crippen molar-refractivity contribution in [3.05, 3.63) is 24.3 Å². The summed E-state index contributed by atoms with van der Waals surface area (Å²) in [5.74, 6) is -1.15. The molecule has 0 radical (unpaired) electrons. The molecule has 0 saturated carbocycles. The van der Waals surface area contributed by atoms with E-state index in [-0.39, 0.29) is 37.3 Å². The molecular formula is C12H15NO5. The average Bonchev–Trinajstić information content (AvgIpc) is 2.33. The Balaban J connectivity index is 3.76. The molecule has 0 atom stereocenters. The molecule has 0 rings (SSSR count). The van der Waals surface area contributed by atoms with Crippen LogP contribution < -0.4 is 0 Å². The van der Waals surface area contributed by atoms with Crippen molar-refractivity contribution in [3.63, 3.8) is 0 Å². The lowest BCUT2D eigenvalue weighted by molar-refractivity contribution is -0.147. The monoisotopic (exact) mass is 253 g/mol. The van der Waals surface area contributed by atoms with E-state index in [0.717, 1.165) is 0 Å². The van der Waals surface area contributed by atoms with Gasteiger partial charge in [0.1, 0.15) is 13.2 Å². The fourth-order valence-electron chi connectivity index (χ4n) is 0.833. The van der Waals surface area contributed by atoms with Crippen LogP contribution >= 0.6 is 0 Å². The van der Waals surface area contributed by atoms with Gasteiger partial charge in [-0.3, -0.25) is 0 Å². The Morgan fingerprint density at radius 1 is 1.17 bits per heavy atom. The third kappa shape index (κ3) is 7.14. The first-order valence-corrected chi connectivity index (χ1v) is 5.20. The Morgan fingerprint density at radius 3 is 2.22 bits per heavy atom. The van der Waals surface area contributed by atoms with Crippen LogP contribution in [0.15, 0.2) is 29.3 Å². The molecule has 0 saturated heterocycles. The van der Waals surface area contributed by atoms with Crippen LogP contribution in [0.3, 0.4) is 0 Å². The molecule has 6 nitrogen and oxygen atoms in total. The van der Waals surface area contributed by atoms with Crippen LogP contribution in [-0.4, -0.2) is 37.8 Å². The first kappa shape index (κ1) is 15.8. The second-order valence-electron chi connectivity index (χ2n) is 3.38. The van der Waals surface area contributed by atoms with Crippen molar-refractivity contribution in [2.24, 2.45) is 4.99 Å². The van der Waals surface area contributed by atoms with E-state index in [4.69, 9.17) is 9.47 Å². The topological polar surface area (TPSA) is 82.0 Å². The molecule has 0 fully saturated rings. The summed E-state index contributed by atoms with van der Waals surface area (Å²) in [5, 5.41) is 0. The first-order chi connectivity index (χ1) is 8.49. The van der Waals surface area contributed by atoms with E-state index in [2.05, 4.69) is 18.2 Å². The second kappa shape index (κ2) is 8.90. The van der Waals surface area contributed by atoms with Gasteiger partial charge < -0.3 is 9.47 Å². The van der Waals surface area contributed by atoms with E-state index in [1.165, 1.54) is 13.0 Å². The molecule has 98 valence electrons. The predicted molar refractivity (Wildman–Crippen MR) is 63.5 cm³/mol. The number of carbonyl (C=O) groups is 2. The molecule has 0 aliphatic rings. The van der Waals surface area contributed by atoms with Gasteiger partial charge >= 0.3 is 11.9 Å². The van der Waals surface area contributed by atoms with Crippen LogP contribution in [-0.2, 0) is 23.9 Å². The normalized spacial score (nSPS) is 8.94. The number of isocyanates is 1. The van der Waals surface area contributed by atoms with Crippen LogP contribution in [0, 0.1) is 0 Å². The Morgan fingerprint density at radius 2 is 1.72 bits per heavy atom. The Labute approximate surface area is 105 Å².